The van der Waals surface area contributed by atoms with Crippen LogP contribution in [0.15, 0.2) is 5.16 Å². The highest BCUT2D eigenvalue weighted by molar-refractivity contribution is 5.89. The third kappa shape index (κ3) is 2.63. The second-order valence-corrected chi connectivity index (χ2v) is 10.6. The molecule has 0 aromatic heterocycles. The standard InChI is InChI=1S/C22H35FN2O2/c1-21-10-8-18(25-27-13-11-24-12-13)20(23)17(21)4-3-14-15-5-6-19(26)22(15,2)9-7-16(14)21/h13-17,19-20,24,26H,3-12H2,1-2H3/b25-18+/t14-,15-,16-,17?,19-,20-,21+,22-/m0/s1. The van der Waals surface area contributed by atoms with Crippen LogP contribution in [0.1, 0.15) is 65.2 Å². The van der Waals surface area contributed by atoms with Gasteiger partial charge in [0.2, 0.25) is 0 Å². The summed E-state index contributed by atoms with van der Waals surface area (Å²) in [6.07, 6.45) is 7.30. The number of rotatable bonds is 2. The maximum Gasteiger partial charge on any atom is 0.152 e. The molecule has 0 aromatic carbocycles. The van der Waals surface area contributed by atoms with Gasteiger partial charge in [-0.05, 0) is 80.0 Å². The average Bonchev–Trinajstić information content (AvgIpc) is 2.91. The zero-order chi connectivity index (χ0) is 18.8. The third-order valence-electron chi connectivity index (χ3n) is 9.55. The molecular weight excluding hydrogens is 343 g/mol. The van der Waals surface area contributed by atoms with E-state index in [0.29, 0.717) is 23.5 Å². The number of nitrogens with one attached hydrogen (secondary N) is 1. The van der Waals surface area contributed by atoms with Crippen LogP contribution in [0, 0.1) is 34.5 Å². The number of hydrogen-bond acceptors (Lipinski definition) is 4. The molecule has 0 bridgehead atoms. The van der Waals surface area contributed by atoms with E-state index in [0.717, 1.165) is 64.5 Å². The minimum absolute atomic E-state index is 0.0776. The van der Waals surface area contributed by atoms with Crippen molar-refractivity contribution in [3.05, 3.63) is 0 Å². The van der Waals surface area contributed by atoms with Gasteiger partial charge >= 0.3 is 0 Å². The molecule has 1 aliphatic heterocycles. The number of hydrogen-bond donors (Lipinski definition) is 2. The molecule has 1 unspecified atom stereocenters. The lowest BCUT2D eigenvalue weighted by Gasteiger charge is -2.60. The van der Waals surface area contributed by atoms with Gasteiger partial charge in [-0.25, -0.2) is 4.39 Å². The number of aliphatic hydroxyl groups excluding tert-OH is 1. The van der Waals surface area contributed by atoms with Crippen molar-refractivity contribution in [1.29, 1.82) is 0 Å². The molecule has 5 fully saturated rings. The molecular formula is C22H35FN2O2. The second-order valence-electron chi connectivity index (χ2n) is 10.6. The van der Waals surface area contributed by atoms with Gasteiger partial charge in [0.25, 0.3) is 0 Å². The number of aliphatic hydroxyl groups is 1. The maximum absolute atomic E-state index is 15.5. The summed E-state index contributed by atoms with van der Waals surface area (Å²) in [5.74, 6) is 2.00. The van der Waals surface area contributed by atoms with Crippen LogP contribution in [0.5, 0.6) is 0 Å². The van der Waals surface area contributed by atoms with Crippen molar-refractivity contribution in [3.63, 3.8) is 0 Å². The summed E-state index contributed by atoms with van der Waals surface area (Å²) in [5.41, 5.74) is 0.833. The Morgan fingerprint density at radius 3 is 2.48 bits per heavy atom. The first kappa shape index (κ1) is 18.4. The van der Waals surface area contributed by atoms with E-state index >= 15 is 4.39 Å². The van der Waals surface area contributed by atoms with Crippen molar-refractivity contribution >= 4 is 5.71 Å². The van der Waals surface area contributed by atoms with Crippen LogP contribution in [-0.4, -0.2) is 42.3 Å². The van der Waals surface area contributed by atoms with Crippen LogP contribution in [0.3, 0.4) is 0 Å². The predicted molar refractivity (Wildman–Crippen MR) is 103 cm³/mol. The van der Waals surface area contributed by atoms with Crippen molar-refractivity contribution in [2.45, 2.75) is 83.6 Å². The zero-order valence-electron chi connectivity index (χ0n) is 16.8. The Bertz CT molecular complexity index is 623. The molecule has 27 heavy (non-hydrogen) atoms. The molecule has 0 spiro atoms. The summed E-state index contributed by atoms with van der Waals surface area (Å²) >= 11 is 0. The van der Waals surface area contributed by atoms with Crippen LogP contribution in [0.2, 0.25) is 0 Å². The topological polar surface area (TPSA) is 53.8 Å². The van der Waals surface area contributed by atoms with Gasteiger partial charge in [-0.2, -0.15) is 0 Å². The van der Waals surface area contributed by atoms with Crippen molar-refractivity contribution in [2.75, 3.05) is 13.1 Å². The minimum atomic E-state index is -0.944. The lowest BCUT2D eigenvalue weighted by Crippen LogP contribution is -2.57. The highest BCUT2D eigenvalue weighted by Crippen LogP contribution is 2.66. The van der Waals surface area contributed by atoms with E-state index in [4.69, 9.17) is 4.84 Å². The lowest BCUT2D eigenvalue weighted by atomic mass is 9.45. The monoisotopic (exact) mass is 378 g/mol. The SMILES string of the molecule is C[C@]12CC[C@H]3[C@@H](CCC4[C@H](F)/C(=N/OC5CNC5)CC[C@@]43C)[C@@H]1CC[C@@H]2O. The van der Waals surface area contributed by atoms with Crippen LogP contribution < -0.4 is 5.32 Å². The Morgan fingerprint density at radius 2 is 1.74 bits per heavy atom. The fraction of sp³-hybridized carbons (Fsp3) is 0.955. The summed E-state index contributed by atoms with van der Waals surface area (Å²) in [5, 5.41) is 18.0. The Labute approximate surface area is 162 Å². The summed E-state index contributed by atoms with van der Waals surface area (Å²) in [7, 11) is 0. The molecule has 1 saturated heterocycles. The Kier molecular flexibility index (Phi) is 4.36. The van der Waals surface area contributed by atoms with E-state index < -0.39 is 6.17 Å². The van der Waals surface area contributed by atoms with Gasteiger partial charge in [-0.3, -0.25) is 0 Å². The van der Waals surface area contributed by atoms with E-state index in [2.05, 4.69) is 24.3 Å². The maximum atomic E-state index is 15.5. The first-order valence-corrected chi connectivity index (χ1v) is 11.2. The fourth-order valence-corrected chi connectivity index (χ4v) is 7.65. The molecule has 4 nitrogen and oxygen atoms in total. The normalized spacial score (nSPS) is 54.0. The van der Waals surface area contributed by atoms with E-state index in [1.54, 1.807) is 0 Å². The zero-order valence-corrected chi connectivity index (χ0v) is 16.8. The van der Waals surface area contributed by atoms with Crippen molar-refractivity contribution in [2.24, 2.45) is 39.7 Å². The number of alkyl halides is 1. The van der Waals surface area contributed by atoms with E-state index in [9.17, 15) is 5.11 Å². The molecule has 1 heterocycles. The molecule has 8 atom stereocenters. The van der Waals surface area contributed by atoms with Gasteiger partial charge in [0.05, 0.1) is 11.8 Å². The van der Waals surface area contributed by atoms with Gasteiger partial charge in [0.15, 0.2) is 6.10 Å². The summed E-state index contributed by atoms with van der Waals surface area (Å²) < 4.78 is 15.5. The Balaban J connectivity index is 1.35. The summed E-state index contributed by atoms with van der Waals surface area (Å²) in [6, 6.07) is 0. The quantitative estimate of drug-likeness (QED) is 0.721. The van der Waals surface area contributed by atoms with Gasteiger partial charge in [0.1, 0.15) is 6.17 Å². The largest absolute Gasteiger partial charge is 0.393 e. The van der Waals surface area contributed by atoms with Crippen molar-refractivity contribution < 1.29 is 14.3 Å². The molecule has 152 valence electrons. The molecule has 4 saturated carbocycles. The highest BCUT2D eigenvalue weighted by atomic mass is 19.1. The van der Waals surface area contributed by atoms with E-state index in [-0.39, 0.29) is 29.0 Å². The molecule has 5 aliphatic rings. The number of fused-ring (bicyclic) bond motifs is 5. The van der Waals surface area contributed by atoms with Crippen LogP contribution in [0.25, 0.3) is 0 Å². The number of oxime groups is 1. The molecule has 4 aliphatic carbocycles. The van der Waals surface area contributed by atoms with Crippen LogP contribution >= 0.6 is 0 Å². The Morgan fingerprint density at radius 1 is 1.00 bits per heavy atom. The highest BCUT2D eigenvalue weighted by Gasteiger charge is 2.61. The van der Waals surface area contributed by atoms with Gasteiger partial charge < -0.3 is 15.3 Å². The minimum Gasteiger partial charge on any atom is -0.393 e. The first-order chi connectivity index (χ1) is 12.9. The van der Waals surface area contributed by atoms with Crippen molar-refractivity contribution in [1.82, 2.24) is 5.32 Å². The smallest absolute Gasteiger partial charge is 0.152 e. The van der Waals surface area contributed by atoms with Crippen LogP contribution in [-0.2, 0) is 4.84 Å². The fourth-order valence-electron chi connectivity index (χ4n) is 7.65. The van der Waals surface area contributed by atoms with Crippen LogP contribution in [0.4, 0.5) is 4.39 Å². The molecule has 0 aromatic rings. The first-order valence-electron chi connectivity index (χ1n) is 11.2. The number of nitrogens with zero attached hydrogens (tertiary/aromatic N) is 1. The van der Waals surface area contributed by atoms with Crippen molar-refractivity contribution in [3.8, 4) is 0 Å². The number of halogens is 1. The van der Waals surface area contributed by atoms with Gasteiger partial charge in [-0.15, -0.1) is 0 Å². The molecule has 0 amide bonds. The molecule has 5 heteroatoms. The van der Waals surface area contributed by atoms with Gasteiger partial charge in [0, 0.05) is 19.0 Å². The Hall–Kier alpha value is -0.680. The molecule has 0 radical (unpaired) electrons. The summed E-state index contributed by atoms with van der Waals surface area (Å²) in [6.45, 7) is 6.33. The van der Waals surface area contributed by atoms with Gasteiger partial charge in [-0.1, -0.05) is 19.0 Å². The third-order valence-corrected chi connectivity index (χ3v) is 9.55. The predicted octanol–water partition coefficient (Wildman–Crippen LogP) is 3.68. The lowest BCUT2D eigenvalue weighted by molar-refractivity contribution is -0.123. The average molecular weight is 379 g/mol. The molecule has 5 rings (SSSR count). The summed E-state index contributed by atoms with van der Waals surface area (Å²) in [4.78, 5) is 5.55. The molecule has 2 N–H and O–H groups in total. The van der Waals surface area contributed by atoms with E-state index in [1.165, 1.54) is 0 Å². The van der Waals surface area contributed by atoms with E-state index in [1.807, 2.05) is 0 Å². The second kappa shape index (κ2) is 6.41.